The molecule has 3 aromatic rings. The van der Waals surface area contributed by atoms with Crippen LogP contribution in [0.5, 0.6) is 0 Å². The molecule has 0 fully saturated rings. The van der Waals surface area contributed by atoms with Gasteiger partial charge in [-0.25, -0.2) is 4.79 Å². The van der Waals surface area contributed by atoms with Gasteiger partial charge in [-0.3, -0.25) is 4.79 Å². The number of likely N-dealkylation sites (N-methyl/N-ethyl adjacent to an activating group) is 2. The van der Waals surface area contributed by atoms with Crippen molar-refractivity contribution in [3.63, 3.8) is 0 Å². The fourth-order valence-electron chi connectivity index (χ4n) is 2.83. The zero-order chi connectivity index (χ0) is 20.5. The van der Waals surface area contributed by atoms with Crippen LogP contribution in [0.4, 0.5) is 5.69 Å². The van der Waals surface area contributed by atoms with Crippen LogP contribution in [0, 0.1) is 6.92 Å². The van der Waals surface area contributed by atoms with E-state index in [1.54, 1.807) is 24.1 Å². The zero-order valence-corrected chi connectivity index (χ0v) is 14.0. The second kappa shape index (κ2) is 6.81. The van der Waals surface area contributed by atoms with Gasteiger partial charge < -0.3 is 14.6 Å². The Morgan fingerprint density at radius 2 is 2.00 bits per heavy atom. The molecule has 1 N–H and O–H groups in total. The lowest BCUT2D eigenvalue weighted by Crippen LogP contribution is -2.32. The molecule has 5 nitrogen and oxygen atoms in total. The van der Waals surface area contributed by atoms with Crippen molar-refractivity contribution in [2.45, 2.75) is 6.92 Å². The molecule has 1 aromatic heterocycles. The van der Waals surface area contributed by atoms with Crippen molar-refractivity contribution in [1.29, 1.82) is 0 Å². The molecule has 0 aliphatic heterocycles. The number of nitrogens with zero attached hydrogens (tertiary/aromatic N) is 1. The molecule has 0 saturated heterocycles. The molecule has 3 rings (SSSR count). The summed E-state index contributed by atoms with van der Waals surface area (Å²) < 4.78 is 26.7. The van der Waals surface area contributed by atoms with Gasteiger partial charge >= 0.3 is 5.63 Å². The van der Waals surface area contributed by atoms with Crippen molar-refractivity contribution >= 4 is 22.6 Å². The first-order valence-corrected chi connectivity index (χ1v) is 7.80. The fraction of sp³-hybridized carbons (Fsp3) is 0.200. The predicted molar refractivity (Wildman–Crippen MR) is 100.0 cm³/mol. The first-order chi connectivity index (χ1) is 13.1. The van der Waals surface area contributed by atoms with E-state index in [0.29, 0.717) is 11.3 Å². The Hall–Kier alpha value is -3.08. The molecule has 2 aromatic carbocycles. The first-order valence-electron chi connectivity index (χ1n) is 9.30. The average Bonchev–Trinajstić information content (AvgIpc) is 2.59. The third kappa shape index (κ3) is 3.40. The second-order valence-corrected chi connectivity index (χ2v) is 5.88. The van der Waals surface area contributed by atoms with Crippen molar-refractivity contribution in [1.82, 2.24) is 5.32 Å². The largest absolute Gasteiger partial charge is 0.423 e. The number of aryl methyl sites for hydroxylation is 1. The average molecular weight is 339 g/mol. The van der Waals surface area contributed by atoms with E-state index in [4.69, 9.17) is 8.53 Å². The molecule has 0 aliphatic carbocycles. The molecule has 0 saturated carbocycles. The second-order valence-electron chi connectivity index (χ2n) is 5.88. The summed E-state index contributed by atoms with van der Waals surface area (Å²) in [5, 5.41) is 2.72. The molecular formula is C20H20N2O3. The van der Waals surface area contributed by atoms with E-state index in [0.717, 1.165) is 22.1 Å². The molecule has 0 aliphatic rings. The highest BCUT2D eigenvalue weighted by atomic mass is 16.4. The normalized spacial score (nSPS) is 13.0. The fourth-order valence-corrected chi connectivity index (χ4v) is 2.83. The Bertz CT molecular complexity index is 1090. The van der Waals surface area contributed by atoms with Crippen LogP contribution in [-0.4, -0.2) is 26.5 Å². The van der Waals surface area contributed by atoms with Gasteiger partial charge in [0.2, 0.25) is 5.91 Å². The van der Waals surface area contributed by atoms with Crippen LogP contribution in [-0.2, 0) is 4.79 Å². The maximum absolute atomic E-state index is 12.1. The maximum Gasteiger partial charge on any atom is 0.336 e. The van der Waals surface area contributed by atoms with Gasteiger partial charge in [-0.2, -0.15) is 0 Å². The van der Waals surface area contributed by atoms with Gasteiger partial charge in [-0.05, 0) is 30.2 Å². The van der Waals surface area contributed by atoms with E-state index in [1.807, 2.05) is 42.6 Å². The standard InChI is InChI=1S/C20H20N2O3/c1-13-6-4-5-7-15(13)17-11-20(24)25-18-10-14(8-9-16(17)18)22(3)12-19(23)21-2/h4-11H,12H2,1-3H3,(H,21,23)/i2D3. The summed E-state index contributed by atoms with van der Waals surface area (Å²) in [6, 6.07) is 14.5. The number of anilines is 1. The Morgan fingerprint density at radius 3 is 2.76 bits per heavy atom. The smallest absolute Gasteiger partial charge is 0.336 e. The van der Waals surface area contributed by atoms with Crippen LogP contribution >= 0.6 is 0 Å². The summed E-state index contributed by atoms with van der Waals surface area (Å²) in [4.78, 5) is 25.5. The highest BCUT2D eigenvalue weighted by molar-refractivity contribution is 5.95. The summed E-state index contributed by atoms with van der Waals surface area (Å²) in [5.41, 5.74) is 3.31. The quantitative estimate of drug-likeness (QED) is 0.743. The van der Waals surface area contributed by atoms with Crippen LogP contribution in [0.2, 0.25) is 0 Å². The van der Waals surface area contributed by atoms with Crippen molar-refractivity contribution in [2.75, 3.05) is 25.5 Å². The molecule has 0 spiro atoms. The van der Waals surface area contributed by atoms with E-state index in [9.17, 15) is 9.59 Å². The van der Waals surface area contributed by atoms with E-state index in [2.05, 4.69) is 0 Å². The minimum atomic E-state index is -2.53. The molecule has 1 heterocycles. The van der Waals surface area contributed by atoms with E-state index in [-0.39, 0.29) is 6.54 Å². The summed E-state index contributed by atoms with van der Waals surface area (Å²) in [5.74, 6) is -0.627. The summed E-state index contributed by atoms with van der Waals surface area (Å²) in [6.07, 6.45) is 0. The van der Waals surface area contributed by atoms with Crippen molar-refractivity contribution in [3.8, 4) is 11.1 Å². The van der Waals surface area contributed by atoms with Crippen molar-refractivity contribution in [3.05, 3.63) is 64.5 Å². The summed E-state index contributed by atoms with van der Waals surface area (Å²) >= 11 is 0. The number of carbonyl (C=O) groups excluding carboxylic acids is 1. The minimum absolute atomic E-state index is 0.147. The molecule has 128 valence electrons. The number of carbonyl (C=O) groups is 1. The molecule has 0 bridgehead atoms. The van der Waals surface area contributed by atoms with Crippen LogP contribution in [0.3, 0.4) is 0 Å². The number of nitrogens with one attached hydrogen (secondary N) is 1. The maximum atomic E-state index is 12.1. The lowest BCUT2D eigenvalue weighted by Gasteiger charge is -2.18. The summed E-state index contributed by atoms with van der Waals surface area (Å²) in [7, 11) is 1.66. The van der Waals surface area contributed by atoms with Crippen molar-refractivity contribution < 1.29 is 13.3 Å². The number of amides is 1. The monoisotopic (exact) mass is 339 g/mol. The van der Waals surface area contributed by atoms with Gasteiger partial charge in [-0.15, -0.1) is 0 Å². The van der Waals surface area contributed by atoms with E-state index in [1.165, 1.54) is 6.07 Å². The molecule has 1 amide bonds. The van der Waals surface area contributed by atoms with Gasteiger partial charge in [0.25, 0.3) is 0 Å². The van der Waals surface area contributed by atoms with Crippen LogP contribution in [0.1, 0.15) is 9.68 Å². The highest BCUT2D eigenvalue weighted by Crippen LogP contribution is 2.31. The Kier molecular flexibility index (Phi) is 3.60. The highest BCUT2D eigenvalue weighted by Gasteiger charge is 2.12. The SMILES string of the molecule is [2H]C([2H])([2H])NC(=O)CN(C)c1ccc2c(-c3ccccc3C)cc(=O)oc2c1. The topological polar surface area (TPSA) is 62.6 Å². The number of benzene rings is 2. The predicted octanol–water partition coefficient (Wildman–Crippen LogP) is 2.95. The van der Waals surface area contributed by atoms with Crippen molar-refractivity contribution in [2.24, 2.45) is 0 Å². The van der Waals surface area contributed by atoms with Crippen LogP contribution in [0.25, 0.3) is 22.1 Å². The van der Waals surface area contributed by atoms with Crippen LogP contribution < -0.4 is 15.8 Å². The molecule has 0 unspecified atom stereocenters. The molecular weight excluding hydrogens is 316 g/mol. The van der Waals surface area contributed by atoms with E-state index >= 15 is 0 Å². The van der Waals surface area contributed by atoms with E-state index < -0.39 is 18.5 Å². The van der Waals surface area contributed by atoms with Gasteiger partial charge in [0.15, 0.2) is 0 Å². The minimum Gasteiger partial charge on any atom is -0.423 e. The lowest BCUT2D eigenvalue weighted by molar-refractivity contribution is -0.119. The third-order valence-corrected chi connectivity index (χ3v) is 4.12. The van der Waals surface area contributed by atoms with Crippen LogP contribution in [0.15, 0.2) is 57.7 Å². The molecule has 5 heteroatoms. The summed E-state index contributed by atoms with van der Waals surface area (Å²) in [6.45, 7) is -0.705. The number of rotatable bonds is 4. The third-order valence-electron chi connectivity index (χ3n) is 4.12. The Balaban J connectivity index is 1.98. The van der Waals surface area contributed by atoms with Gasteiger partial charge in [0, 0.05) is 46.9 Å². The van der Waals surface area contributed by atoms with Gasteiger partial charge in [0.1, 0.15) is 5.58 Å². The Labute approximate surface area is 150 Å². The van der Waals surface area contributed by atoms with Gasteiger partial charge in [-0.1, -0.05) is 24.3 Å². The Morgan fingerprint density at radius 1 is 1.20 bits per heavy atom. The first kappa shape index (κ1) is 13.2. The molecule has 0 atom stereocenters. The molecule has 25 heavy (non-hydrogen) atoms. The lowest BCUT2D eigenvalue weighted by atomic mass is 9.98. The number of fused-ring (bicyclic) bond motifs is 1. The number of hydrogen-bond acceptors (Lipinski definition) is 4. The zero-order valence-electron chi connectivity index (χ0n) is 17.0. The molecule has 0 radical (unpaired) electrons. The van der Waals surface area contributed by atoms with Gasteiger partial charge in [0.05, 0.1) is 6.54 Å². The number of hydrogen-bond donors (Lipinski definition) is 1.